The molecule has 0 atom stereocenters. The van der Waals surface area contributed by atoms with Gasteiger partial charge in [-0.25, -0.2) is 8.78 Å². The van der Waals surface area contributed by atoms with Crippen molar-refractivity contribution in [2.45, 2.75) is 5.92 Å². The largest absolute Gasteiger partial charge is 0.325 e. The Morgan fingerprint density at radius 3 is 2.41 bits per heavy atom. The molecule has 1 aromatic carbocycles. The lowest BCUT2D eigenvalue weighted by Crippen LogP contribution is -2.41. The van der Waals surface area contributed by atoms with E-state index in [1.54, 1.807) is 24.3 Å². The van der Waals surface area contributed by atoms with Crippen LogP contribution in [0.3, 0.4) is 0 Å². The summed E-state index contributed by atoms with van der Waals surface area (Å²) >= 11 is 0. The van der Waals surface area contributed by atoms with Gasteiger partial charge in [0.2, 0.25) is 0 Å². The molecule has 2 N–H and O–H groups in total. The fraction of sp³-hybridized carbons (Fsp3) is 0.250. The van der Waals surface area contributed by atoms with E-state index < -0.39 is 24.9 Å². The van der Waals surface area contributed by atoms with Crippen LogP contribution in [0.4, 0.5) is 8.78 Å². The van der Waals surface area contributed by atoms with E-state index in [1.165, 1.54) is 0 Å². The highest BCUT2D eigenvalue weighted by molar-refractivity contribution is 6.08. The third kappa shape index (κ3) is 1.93. The highest BCUT2D eigenvalue weighted by Gasteiger charge is 2.38. The number of alkyl halides is 2. The average molecular weight is 238 g/mol. The van der Waals surface area contributed by atoms with Crippen molar-refractivity contribution in [2.75, 3.05) is 13.1 Å². The van der Waals surface area contributed by atoms with Gasteiger partial charge in [-0.05, 0) is 6.07 Å². The van der Waals surface area contributed by atoms with Crippen LogP contribution in [0.2, 0.25) is 0 Å². The second kappa shape index (κ2) is 3.92. The van der Waals surface area contributed by atoms with Crippen molar-refractivity contribution in [1.82, 2.24) is 4.90 Å². The van der Waals surface area contributed by atoms with Gasteiger partial charge in [-0.1, -0.05) is 24.8 Å². The smallest absolute Gasteiger partial charge is 0.277 e. The molecular formula is C12H12F2N2O. The summed E-state index contributed by atoms with van der Waals surface area (Å²) in [6, 6.07) is 6.72. The molecule has 90 valence electrons. The highest BCUT2D eigenvalue weighted by Crippen LogP contribution is 2.32. The third-order valence-corrected chi connectivity index (χ3v) is 2.73. The number of benzene rings is 1. The fourth-order valence-electron chi connectivity index (χ4n) is 1.80. The first kappa shape index (κ1) is 11.7. The maximum absolute atomic E-state index is 13.2. The number of hydrogen-bond acceptors (Lipinski definition) is 2. The monoisotopic (exact) mass is 238 g/mol. The highest BCUT2D eigenvalue weighted by atomic mass is 19.3. The summed E-state index contributed by atoms with van der Waals surface area (Å²) in [5.41, 5.74) is 6.28. The maximum Gasteiger partial charge on any atom is 0.277 e. The predicted molar refractivity (Wildman–Crippen MR) is 60.5 cm³/mol. The maximum atomic E-state index is 13.2. The number of nitrogens with zero attached hydrogens (tertiary/aromatic N) is 1. The molecule has 0 aromatic heterocycles. The first-order chi connectivity index (χ1) is 7.96. The minimum Gasteiger partial charge on any atom is -0.325 e. The number of amides is 1. The van der Waals surface area contributed by atoms with Gasteiger partial charge >= 0.3 is 0 Å². The van der Waals surface area contributed by atoms with Gasteiger partial charge in [0.25, 0.3) is 11.8 Å². The zero-order valence-corrected chi connectivity index (χ0v) is 9.12. The molecule has 0 spiro atoms. The molecule has 1 aliphatic heterocycles. The molecule has 3 nitrogen and oxygen atoms in total. The first-order valence-electron chi connectivity index (χ1n) is 5.14. The summed E-state index contributed by atoms with van der Waals surface area (Å²) in [6.45, 7) is 2.16. The number of hydrogen-bond donors (Lipinski definition) is 1. The van der Waals surface area contributed by atoms with Crippen LogP contribution < -0.4 is 5.73 Å². The van der Waals surface area contributed by atoms with E-state index in [4.69, 9.17) is 5.73 Å². The zero-order valence-electron chi connectivity index (χ0n) is 9.12. The topological polar surface area (TPSA) is 46.3 Å². The normalized spacial score (nSPS) is 15.4. The van der Waals surface area contributed by atoms with Crippen LogP contribution in [-0.4, -0.2) is 29.8 Å². The minimum absolute atomic E-state index is 0.304. The molecule has 0 fully saturated rings. The lowest BCUT2D eigenvalue weighted by atomic mass is 10.1. The van der Waals surface area contributed by atoms with E-state index in [1.807, 2.05) is 0 Å². The lowest BCUT2D eigenvalue weighted by Gasteiger charge is -2.23. The Morgan fingerprint density at radius 1 is 1.29 bits per heavy atom. The molecular weight excluding hydrogens is 226 g/mol. The SMILES string of the molecule is C=C1c2ccccc2C(=O)N1CC(F)(F)CN. The van der Waals surface area contributed by atoms with Crippen LogP contribution in [0.25, 0.3) is 5.70 Å². The van der Waals surface area contributed by atoms with Crippen LogP contribution in [0, 0.1) is 0 Å². The summed E-state index contributed by atoms with van der Waals surface area (Å²) in [7, 11) is 0. The summed E-state index contributed by atoms with van der Waals surface area (Å²) in [5.74, 6) is -3.54. The zero-order chi connectivity index (χ0) is 12.6. The van der Waals surface area contributed by atoms with Crippen molar-refractivity contribution in [3.63, 3.8) is 0 Å². The number of halogens is 2. The molecule has 1 aliphatic rings. The Kier molecular flexibility index (Phi) is 2.71. The van der Waals surface area contributed by atoms with Crippen molar-refractivity contribution in [3.05, 3.63) is 42.0 Å². The summed E-state index contributed by atoms with van der Waals surface area (Å²) in [6.07, 6.45) is 0. The number of carbonyl (C=O) groups excluding carboxylic acids is 1. The Morgan fingerprint density at radius 2 is 1.88 bits per heavy atom. The van der Waals surface area contributed by atoms with Gasteiger partial charge in [-0.2, -0.15) is 0 Å². The van der Waals surface area contributed by atoms with Crippen LogP contribution in [-0.2, 0) is 0 Å². The Bertz CT molecular complexity index is 450. The molecule has 0 bridgehead atoms. The van der Waals surface area contributed by atoms with Gasteiger partial charge in [0.1, 0.15) is 0 Å². The van der Waals surface area contributed by atoms with Gasteiger partial charge in [-0.3, -0.25) is 4.79 Å². The van der Waals surface area contributed by atoms with E-state index in [9.17, 15) is 13.6 Å². The molecule has 0 radical (unpaired) electrons. The van der Waals surface area contributed by atoms with Crippen molar-refractivity contribution in [2.24, 2.45) is 5.73 Å². The number of carbonyl (C=O) groups is 1. The standard InChI is InChI=1S/C12H12F2N2O/c1-8-9-4-2-3-5-10(9)11(17)16(8)7-12(13,14)6-15/h2-5H,1,6-7,15H2. The molecule has 0 unspecified atom stereocenters. The number of rotatable bonds is 3. The van der Waals surface area contributed by atoms with E-state index in [-0.39, 0.29) is 0 Å². The molecule has 1 heterocycles. The second-order valence-electron chi connectivity index (χ2n) is 3.94. The van der Waals surface area contributed by atoms with Gasteiger partial charge in [-0.15, -0.1) is 0 Å². The van der Waals surface area contributed by atoms with E-state index in [0.29, 0.717) is 16.8 Å². The molecule has 17 heavy (non-hydrogen) atoms. The predicted octanol–water partition coefficient (Wildman–Crippen LogP) is 1.71. The molecule has 5 heteroatoms. The van der Waals surface area contributed by atoms with Crippen molar-refractivity contribution in [1.29, 1.82) is 0 Å². The van der Waals surface area contributed by atoms with Crippen molar-refractivity contribution >= 4 is 11.6 Å². The van der Waals surface area contributed by atoms with E-state index >= 15 is 0 Å². The van der Waals surface area contributed by atoms with Crippen LogP contribution >= 0.6 is 0 Å². The lowest BCUT2D eigenvalue weighted by molar-refractivity contribution is -0.00751. The average Bonchev–Trinajstić information content (AvgIpc) is 2.55. The minimum atomic E-state index is -3.10. The van der Waals surface area contributed by atoms with Gasteiger partial charge in [0.05, 0.1) is 13.1 Å². The van der Waals surface area contributed by atoms with Crippen molar-refractivity contribution in [3.8, 4) is 0 Å². The second-order valence-corrected chi connectivity index (χ2v) is 3.94. The Balaban J connectivity index is 2.31. The van der Waals surface area contributed by atoms with Crippen LogP contribution in [0.15, 0.2) is 30.8 Å². The Hall–Kier alpha value is -1.75. The molecule has 1 amide bonds. The number of nitrogens with two attached hydrogens (primary N) is 1. The fourth-order valence-corrected chi connectivity index (χ4v) is 1.80. The summed E-state index contributed by atoms with van der Waals surface area (Å²) in [5, 5.41) is 0. The molecule has 0 saturated heterocycles. The summed E-state index contributed by atoms with van der Waals surface area (Å²) < 4.78 is 26.4. The quantitative estimate of drug-likeness (QED) is 0.871. The first-order valence-corrected chi connectivity index (χ1v) is 5.14. The Labute approximate surface area is 97.5 Å². The van der Waals surface area contributed by atoms with Gasteiger partial charge in [0, 0.05) is 16.8 Å². The number of fused-ring (bicyclic) bond motifs is 1. The molecule has 2 rings (SSSR count). The van der Waals surface area contributed by atoms with Crippen LogP contribution in [0.1, 0.15) is 15.9 Å². The molecule has 0 aliphatic carbocycles. The van der Waals surface area contributed by atoms with Gasteiger partial charge < -0.3 is 10.6 Å². The van der Waals surface area contributed by atoms with E-state index in [0.717, 1.165) is 4.90 Å². The third-order valence-electron chi connectivity index (χ3n) is 2.73. The molecule has 1 aromatic rings. The summed E-state index contributed by atoms with van der Waals surface area (Å²) in [4.78, 5) is 12.9. The van der Waals surface area contributed by atoms with Crippen LogP contribution in [0.5, 0.6) is 0 Å². The van der Waals surface area contributed by atoms with Crippen molar-refractivity contribution < 1.29 is 13.6 Å². The molecule has 0 saturated carbocycles. The van der Waals surface area contributed by atoms with Gasteiger partial charge in [0.15, 0.2) is 0 Å². The van der Waals surface area contributed by atoms with E-state index in [2.05, 4.69) is 6.58 Å².